The number of aliphatic hydroxyl groups excluding tert-OH is 2. The Labute approximate surface area is 187 Å². The van der Waals surface area contributed by atoms with E-state index in [0.29, 0.717) is 12.1 Å². The molecule has 0 amide bonds. The number of carbonyl (C=O) groups is 4. The second-order valence-electron chi connectivity index (χ2n) is 7.78. The first kappa shape index (κ1) is 29.7. The highest BCUT2D eigenvalue weighted by Gasteiger charge is 2.29. The standard InChI is InChI=1S/2C8H15NO2.C4H6O6/c2*1-6-3-4-7(5-9-6)8(10)11-2;5-1(3(7)8)2(6)4(9)10/h2*6-7,9H,3-5H2,1-2H3;1-2,5-6H,(H,7,8)(H,9,10)/t2*6-,7+;1-,2-/m001/s1. The van der Waals surface area contributed by atoms with Crippen molar-refractivity contribution in [1.82, 2.24) is 10.6 Å². The van der Waals surface area contributed by atoms with Crippen molar-refractivity contribution in [3.05, 3.63) is 0 Å². The van der Waals surface area contributed by atoms with Gasteiger partial charge in [0, 0.05) is 25.2 Å². The molecule has 186 valence electrons. The third-order valence-electron chi connectivity index (χ3n) is 5.20. The average Bonchev–Trinajstić information content (AvgIpc) is 2.78. The number of esters is 2. The molecule has 0 aromatic rings. The van der Waals surface area contributed by atoms with Crippen LogP contribution in [0.5, 0.6) is 0 Å². The maximum Gasteiger partial charge on any atom is 0.335 e. The number of carboxylic acids is 2. The molecule has 2 saturated heterocycles. The second kappa shape index (κ2) is 15.5. The molecule has 0 saturated carbocycles. The van der Waals surface area contributed by atoms with E-state index >= 15 is 0 Å². The normalized spacial score (nSPS) is 26.6. The average molecular weight is 465 g/mol. The van der Waals surface area contributed by atoms with Gasteiger partial charge in [0.1, 0.15) is 0 Å². The van der Waals surface area contributed by atoms with Crippen LogP contribution in [0.4, 0.5) is 0 Å². The van der Waals surface area contributed by atoms with Gasteiger partial charge in [0.05, 0.1) is 26.1 Å². The molecule has 2 aliphatic heterocycles. The van der Waals surface area contributed by atoms with Crippen molar-refractivity contribution in [1.29, 1.82) is 0 Å². The summed E-state index contributed by atoms with van der Waals surface area (Å²) < 4.78 is 9.29. The number of methoxy groups -OCH3 is 2. The van der Waals surface area contributed by atoms with Gasteiger partial charge in [-0.15, -0.1) is 0 Å². The molecule has 6 atom stereocenters. The van der Waals surface area contributed by atoms with Crippen LogP contribution in [0, 0.1) is 11.8 Å². The van der Waals surface area contributed by atoms with Gasteiger partial charge in [-0.3, -0.25) is 9.59 Å². The summed E-state index contributed by atoms with van der Waals surface area (Å²) >= 11 is 0. The molecule has 0 radical (unpaired) electrons. The summed E-state index contributed by atoms with van der Waals surface area (Å²) in [5.74, 6) is -3.54. The van der Waals surface area contributed by atoms with Crippen molar-refractivity contribution in [2.45, 2.75) is 63.8 Å². The lowest BCUT2D eigenvalue weighted by Crippen LogP contribution is -2.40. The monoisotopic (exact) mass is 464 g/mol. The van der Waals surface area contributed by atoms with E-state index in [2.05, 4.69) is 34.0 Å². The molecular formula is C20H36N2O10. The molecule has 0 aromatic heterocycles. The molecule has 2 fully saturated rings. The molecule has 32 heavy (non-hydrogen) atoms. The Kier molecular flexibility index (Phi) is 14.4. The molecule has 12 nitrogen and oxygen atoms in total. The van der Waals surface area contributed by atoms with Crippen molar-refractivity contribution < 1.29 is 49.1 Å². The van der Waals surface area contributed by atoms with Gasteiger partial charge in [0.15, 0.2) is 12.2 Å². The Balaban J connectivity index is 0.000000452. The summed E-state index contributed by atoms with van der Waals surface area (Å²) in [7, 11) is 2.89. The molecule has 0 aromatic carbocycles. The van der Waals surface area contributed by atoms with Crippen molar-refractivity contribution >= 4 is 23.9 Å². The fourth-order valence-electron chi connectivity index (χ4n) is 3.00. The zero-order valence-corrected chi connectivity index (χ0v) is 18.9. The fraction of sp³-hybridized carbons (Fsp3) is 0.800. The van der Waals surface area contributed by atoms with Crippen LogP contribution in [0.3, 0.4) is 0 Å². The number of piperidine rings is 2. The molecule has 2 aliphatic rings. The highest BCUT2D eigenvalue weighted by Crippen LogP contribution is 2.15. The van der Waals surface area contributed by atoms with E-state index in [-0.39, 0.29) is 23.8 Å². The minimum absolute atomic E-state index is 0.0793. The summed E-state index contributed by atoms with van der Waals surface area (Å²) in [5, 5.41) is 39.0. The van der Waals surface area contributed by atoms with Crippen molar-refractivity contribution in [2.75, 3.05) is 27.3 Å². The van der Waals surface area contributed by atoms with E-state index in [0.717, 1.165) is 38.8 Å². The molecule has 2 heterocycles. The van der Waals surface area contributed by atoms with E-state index < -0.39 is 24.1 Å². The zero-order valence-electron chi connectivity index (χ0n) is 18.9. The highest BCUT2D eigenvalue weighted by atomic mass is 16.5. The summed E-state index contributed by atoms with van der Waals surface area (Å²) in [6.07, 6.45) is -0.476. The Morgan fingerprint density at radius 3 is 1.22 bits per heavy atom. The molecule has 0 unspecified atom stereocenters. The third kappa shape index (κ3) is 11.4. The van der Waals surface area contributed by atoms with Gasteiger partial charge in [0.2, 0.25) is 0 Å². The van der Waals surface area contributed by atoms with Gasteiger partial charge in [-0.05, 0) is 39.5 Å². The Morgan fingerprint density at radius 2 is 1.03 bits per heavy atom. The van der Waals surface area contributed by atoms with Gasteiger partial charge < -0.3 is 40.5 Å². The van der Waals surface area contributed by atoms with Gasteiger partial charge >= 0.3 is 23.9 Å². The molecule has 0 aliphatic carbocycles. The first-order valence-electron chi connectivity index (χ1n) is 10.4. The first-order valence-corrected chi connectivity index (χ1v) is 10.4. The molecule has 0 bridgehead atoms. The number of ether oxygens (including phenoxy) is 2. The molecule has 6 N–H and O–H groups in total. The maximum absolute atomic E-state index is 11.0. The number of aliphatic carboxylic acids is 2. The van der Waals surface area contributed by atoms with Crippen molar-refractivity contribution in [3.8, 4) is 0 Å². The third-order valence-corrected chi connectivity index (χ3v) is 5.20. The van der Waals surface area contributed by atoms with Gasteiger partial charge in [0.25, 0.3) is 0 Å². The van der Waals surface area contributed by atoms with Crippen LogP contribution in [-0.4, -0.2) is 95.9 Å². The quantitative estimate of drug-likeness (QED) is 0.272. The minimum Gasteiger partial charge on any atom is -0.479 e. The number of aliphatic hydroxyl groups is 2. The fourth-order valence-corrected chi connectivity index (χ4v) is 3.00. The topological polar surface area (TPSA) is 192 Å². The van der Waals surface area contributed by atoms with Gasteiger partial charge in [-0.1, -0.05) is 0 Å². The summed E-state index contributed by atoms with van der Waals surface area (Å²) in [5.41, 5.74) is 0. The summed E-state index contributed by atoms with van der Waals surface area (Å²) in [4.78, 5) is 41.6. The van der Waals surface area contributed by atoms with Crippen LogP contribution in [0.1, 0.15) is 39.5 Å². The van der Waals surface area contributed by atoms with E-state index in [4.69, 9.17) is 20.4 Å². The summed E-state index contributed by atoms with van der Waals surface area (Å²) in [6.45, 7) is 5.81. The Hall–Kier alpha value is -2.28. The predicted octanol–water partition coefficient (Wildman–Crippen LogP) is -1.03. The molecule has 2 rings (SSSR count). The van der Waals surface area contributed by atoms with Gasteiger partial charge in [-0.25, -0.2) is 9.59 Å². The van der Waals surface area contributed by atoms with Crippen LogP contribution >= 0.6 is 0 Å². The van der Waals surface area contributed by atoms with Gasteiger partial charge in [-0.2, -0.15) is 0 Å². The van der Waals surface area contributed by atoms with E-state index in [9.17, 15) is 19.2 Å². The van der Waals surface area contributed by atoms with Crippen LogP contribution in [-0.2, 0) is 28.7 Å². The lowest BCUT2D eigenvalue weighted by atomic mass is 9.96. The number of carbonyl (C=O) groups excluding carboxylic acids is 2. The van der Waals surface area contributed by atoms with Crippen LogP contribution in [0.15, 0.2) is 0 Å². The van der Waals surface area contributed by atoms with E-state index in [1.807, 2.05) is 0 Å². The van der Waals surface area contributed by atoms with E-state index in [1.54, 1.807) is 0 Å². The number of carboxylic acid groups (broad SMARTS) is 2. The largest absolute Gasteiger partial charge is 0.479 e. The lowest BCUT2D eigenvalue weighted by molar-refractivity contribution is -0.165. The van der Waals surface area contributed by atoms with Crippen molar-refractivity contribution in [3.63, 3.8) is 0 Å². The number of rotatable bonds is 5. The van der Waals surface area contributed by atoms with Crippen molar-refractivity contribution in [2.24, 2.45) is 11.8 Å². The number of nitrogens with one attached hydrogen (secondary N) is 2. The predicted molar refractivity (Wildman–Crippen MR) is 112 cm³/mol. The lowest BCUT2D eigenvalue weighted by Gasteiger charge is -2.25. The molecule has 12 heteroatoms. The maximum atomic E-state index is 11.0. The Bertz CT molecular complexity index is 547. The van der Waals surface area contributed by atoms with Crippen LogP contribution in [0.2, 0.25) is 0 Å². The SMILES string of the molecule is COC(=O)[C@@H]1CC[C@H](C)NC1.COC(=O)[C@@H]1CC[C@H](C)NC1.O=C(O)[C@H](O)[C@@H](O)C(=O)O. The molecular weight excluding hydrogens is 428 g/mol. The van der Waals surface area contributed by atoms with Crippen LogP contribution < -0.4 is 10.6 Å². The number of hydrogen-bond donors (Lipinski definition) is 6. The summed E-state index contributed by atoms with van der Waals surface area (Å²) in [6, 6.07) is 1.10. The zero-order chi connectivity index (χ0) is 24.8. The molecule has 0 spiro atoms. The Morgan fingerprint density at radius 1 is 0.719 bits per heavy atom. The van der Waals surface area contributed by atoms with Crippen LogP contribution in [0.25, 0.3) is 0 Å². The smallest absolute Gasteiger partial charge is 0.335 e. The first-order chi connectivity index (χ1) is 14.9. The van der Waals surface area contributed by atoms with E-state index in [1.165, 1.54) is 14.2 Å². The number of hydrogen-bond acceptors (Lipinski definition) is 10. The minimum atomic E-state index is -2.27. The second-order valence-corrected chi connectivity index (χ2v) is 7.78. The highest BCUT2D eigenvalue weighted by molar-refractivity contribution is 5.83.